The van der Waals surface area contributed by atoms with Crippen molar-refractivity contribution in [1.29, 1.82) is 0 Å². The van der Waals surface area contributed by atoms with Gasteiger partial charge in [-0.15, -0.1) is 11.3 Å². The Hall–Kier alpha value is -1.88. The van der Waals surface area contributed by atoms with Crippen molar-refractivity contribution in [3.63, 3.8) is 0 Å². The van der Waals surface area contributed by atoms with Gasteiger partial charge in [0, 0.05) is 28.4 Å². The fraction of sp³-hybridized carbons (Fsp3) is 0.286. The summed E-state index contributed by atoms with van der Waals surface area (Å²) in [6.45, 7) is 5.82. The molecular weight excluding hydrogens is 258 g/mol. The van der Waals surface area contributed by atoms with Crippen molar-refractivity contribution in [3.8, 4) is 10.6 Å². The molecule has 2 aromatic rings. The topological polar surface area (TPSA) is 54.0 Å². The molecule has 100 valence electrons. The number of amides is 2. The Bertz CT molecular complexity index is 578. The summed E-state index contributed by atoms with van der Waals surface area (Å²) >= 11 is 1.60. The second kappa shape index (κ2) is 5.84. The highest BCUT2D eigenvalue weighted by molar-refractivity contribution is 7.13. The van der Waals surface area contributed by atoms with Crippen LogP contribution in [0.25, 0.3) is 10.6 Å². The second-order valence-electron chi connectivity index (χ2n) is 4.63. The lowest BCUT2D eigenvalue weighted by Gasteiger charge is -2.10. The molecule has 0 atom stereocenters. The summed E-state index contributed by atoms with van der Waals surface area (Å²) in [4.78, 5) is 16.1. The van der Waals surface area contributed by atoms with Gasteiger partial charge in [0.25, 0.3) is 0 Å². The monoisotopic (exact) mass is 275 g/mol. The Kier molecular flexibility index (Phi) is 4.16. The fourth-order valence-electron chi connectivity index (χ4n) is 1.65. The predicted molar refractivity (Wildman–Crippen MR) is 79.6 cm³/mol. The maximum Gasteiger partial charge on any atom is 0.319 e. The molecular formula is C14H17N3OS. The van der Waals surface area contributed by atoms with Crippen LogP contribution in [0.5, 0.6) is 0 Å². The van der Waals surface area contributed by atoms with Gasteiger partial charge in [-0.05, 0) is 32.9 Å². The molecule has 4 nitrogen and oxygen atoms in total. The third kappa shape index (κ3) is 3.79. The van der Waals surface area contributed by atoms with Gasteiger partial charge in [0.2, 0.25) is 0 Å². The summed E-state index contributed by atoms with van der Waals surface area (Å²) in [6.07, 6.45) is 0. The molecule has 0 saturated heterocycles. The number of urea groups is 1. The van der Waals surface area contributed by atoms with Crippen LogP contribution in [0.4, 0.5) is 10.5 Å². The summed E-state index contributed by atoms with van der Waals surface area (Å²) in [5.41, 5.74) is 2.79. The van der Waals surface area contributed by atoms with Gasteiger partial charge in [0.05, 0.1) is 0 Å². The largest absolute Gasteiger partial charge is 0.336 e. The summed E-state index contributed by atoms with van der Waals surface area (Å²) < 4.78 is 0. The lowest BCUT2D eigenvalue weighted by molar-refractivity contribution is 0.250. The average Bonchev–Trinajstić information content (AvgIpc) is 2.75. The summed E-state index contributed by atoms with van der Waals surface area (Å²) in [6, 6.07) is 7.62. The number of thiazole rings is 1. The number of rotatable bonds is 3. The van der Waals surface area contributed by atoms with E-state index in [9.17, 15) is 4.79 Å². The van der Waals surface area contributed by atoms with Crippen LogP contribution in [0.1, 0.15) is 19.5 Å². The third-order valence-electron chi connectivity index (χ3n) is 2.41. The second-order valence-corrected chi connectivity index (χ2v) is 5.49. The molecule has 0 spiro atoms. The van der Waals surface area contributed by atoms with Gasteiger partial charge in [-0.1, -0.05) is 12.1 Å². The molecule has 0 fully saturated rings. The molecule has 0 aliphatic carbocycles. The van der Waals surface area contributed by atoms with E-state index in [0.717, 1.165) is 22.0 Å². The Labute approximate surface area is 116 Å². The van der Waals surface area contributed by atoms with Crippen LogP contribution in [0.3, 0.4) is 0 Å². The highest BCUT2D eigenvalue weighted by atomic mass is 32.1. The van der Waals surface area contributed by atoms with Crippen molar-refractivity contribution >= 4 is 23.1 Å². The first-order chi connectivity index (χ1) is 9.04. The van der Waals surface area contributed by atoms with E-state index in [2.05, 4.69) is 15.6 Å². The molecule has 2 N–H and O–H groups in total. The van der Waals surface area contributed by atoms with Crippen molar-refractivity contribution in [2.24, 2.45) is 0 Å². The van der Waals surface area contributed by atoms with Gasteiger partial charge in [0.1, 0.15) is 5.01 Å². The Morgan fingerprint density at radius 1 is 1.37 bits per heavy atom. The zero-order chi connectivity index (χ0) is 13.8. The molecule has 0 aliphatic rings. The highest BCUT2D eigenvalue weighted by Crippen LogP contribution is 2.25. The number of anilines is 1. The van der Waals surface area contributed by atoms with E-state index in [-0.39, 0.29) is 12.1 Å². The van der Waals surface area contributed by atoms with Crippen LogP contribution < -0.4 is 10.6 Å². The lowest BCUT2D eigenvalue weighted by Crippen LogP contribution is -2.34. The fourth-order valence-corrected chi connectivity index (χ4v) is 2.44. The molecule has 0 saturated carbocycles. The van der Waals surface area contributed by atoms with Gasteiger partial charge in [-0.2, -0.15) is 0 Å². The maximum absolute atomic E-state index is 11.6. The lowest BCUT2D eigenvalue weighted by atomic mass is 10.2. The van der Waals surface area contributed by atoms with Gasteiger partial charge >= 0.3 is 6.03 Å². The SMILES string of the molecule is Cc1csc(-c2cccc(NC(=O)NC(C)C)c2)n1. The molecule has 1 aromatic heterocycles. The summed E-state index contributed by atoms with van der Waals surface area (Å²) in [5.74, 6) is 0. The first-order valence-electron chi connectivity index (χ1n) is 6.14. The summed E-state index contributed by atoms with van der Waals surface area (Å²) in [7, 11) is 0. The molecule has 5 heteroatoms. The molecule has 0 radical (unpaired) electrons. The van der Waals surface area contributed by atoms with Crippen LogP contribution in [0, 0.1) is 6.92 Å². The maximum atomic E-state index is 11.6. The molecule has 0 unspecified atom stereocenters. The number of hydrogen-bond donors (Lipinski definition) is 2. The van der Waals surface area contributed by atoms with Crippen LogP contribution in [0.15, 0.2) is 29.6 Å². The predicted octanol–water partition coefficient (Wildman–Crippen LogP) is 3.65. The first-order valence-corrected chi connectivity index (χ1v) is 7.02. The van der Waals surface area contributed by atoms with Crippen molar-refractivity contribution in [2.75, 3.05) is 5.32 Å². The van der Waals surface area contributed by atoms with E-state index in [1.165, 1.54) is 0 Å². The van der Waals surface area contributed by atoms with Crippen LogP contribution in [-0.2, 0) is 0 Å². The van der Waals surface area contributed by atoms with Crippen molar-refractivity contribution in [1.82, 2.24) is 10.3 Å². The van der Waals surface area contributed by atoms with Crippen LogP contribution >= 0.6 is 11.3 Å². The van der Waals surface area contributed by atoms with E-state index in [4.69, 9.17) is 0 Å². The van der Waals surface area contributed by atoms with Gasteiger partial charge in [-0.25, -0.2) is 9.78 Å². The zero-order valence-electron chi connectivity index (χ0n) is 11.2. The van der Waals surface area contributed by atoms with E-state index in [0.29, 0.717) is 0 Å². The number of carbonyl (C=O) groups excluding carboxylic acids is 1. The molecule has 1 heterocycles. The molecule has 1 aromatic carbocycles. The first kappa shape index (κ1) is 13.5. The third-order valence-corrected chi connectivity index (χ3v) is 3.42. The number of hydrogen-bond acceptors (Lipinski definition) is 3. The normalized spacial score (nSPS) is 10.5. The highest BCUT2D eigenvalue weighted by Gasteiger charge is 2.06. The Morgan fingerprint density at radius 2 is 2.16 bits per heavy atom. The van der Waals surface area contributed by atoms with E-state index in [1.807, 2.05) is 50.4 Å². The average molecular weight is 275 g/mol. The molecule has 2 amide bonds. The van der Waals surface area contributed by atoms with Gasteiger partial charge in [-0.3, -0.25) is 0 Å². The minimum absolute atomic E-state index is 0.116. The summed E-state index contributed by atoms with van der Waals surface area (Å²) in [5, 5.41) is 8.59. The van der Waals surface area contributed by atoms with Gasteiger partial charge < -0.3 is 10.6 Å². The molecule has 0 aliphatic heterocycles. The van der Waals surface area contributed by atoms with E-state index < -0.39 is 0 Å². The zero-order valence-corrected chi connectivity index (χ0v) is 12.0. The number of aryl methyl sites for hydroxylation is 1. The molecule has 0 bridgehead atoms. The minimum atomic E-state index is -0.192. The van der Waals surface area contributed by atoms with E-state index >= 15 is 0 Å². The molecule has 19 heavy (non-hydrogen) atoms. The van der Waals surface area contributed by atoms with Crippen molar-refractivity contribution < 1.29 is 4.79 Å². The van der Waals surface area contributed by atoms with Crippen molar-refractivity contribution in [3.05, 3.63) is 35.3 Å². The standard InChI is InChI=1S/C14H17N3OS/c1-9(2)15-14(18)17-12-6-4-5-11(7-12)13-16-10(3)8-19-13/h4-9H,1-3H3,(H2,15,17,18). The van der Waals surface area contributed by atoms with E-state index in [1.54, 1.807) is 11.3 Å². The minimum Gasteiger partial charge on any atom is -0.336 e. The number of nitrogens with one attached hydrogen (secondary N) is 2. The smallest absolute Gasteiger partial charge is 0.319 e. The van der Waals surface area contributed by atoms with Crippen LogP contribution in [0.2, 0.25) is 0 Å². The number of nitrogens with zero attached hydrogens (tertiary/aromatic N) is 1. The van der Waals surface area contributed by atoms with Crippen LogP contribution in [-0.4, -0.2) is 17.1 Å². The number of benzene rings is 1. The number of aromatic nitrogens is 1. The molecule has 2 rings (SSSR count). The van der Waals surface area contributed by atoms with Crippen molar-refractivity contribution in [2.45, 2.75) is 26.8 Å². The Morgan fingerprint density at radius 3 is 2.79 bits per heavy atom. The van der Waals surface area contributed by atoms with Gasteiger partial charge in [0.15, 0.2) is 0 Å². The number of carbonyl (C=O) groups is 1. The Balaban J connectivity index is 2.13. The quantitative estimate of drug-likeness (QED) is 0.898.